The molecule has 3 heteroatoms. The lowest BCUT2D eigenvalue weighted by atomic mass is 10.1. The predicted octanol–water partition coefficient (Wildman–Crippen LogP) is 2.97. The van der Waals surface area contributed by atoms with Gasteiger partial charge in [0.2, 0.25) is 0 Å². The van der Waals surface area contributed by atoms with Crippen molar-refractivity contribution in [1.29, 1.82) is 0 Å². The molecular weight excluding hydrogens is 238 g/mol. The third-order valence-electron chi connectivity index (χ3n) is 3.16. The first-order valence-electron chi connectivity index (χ1n) is 6.72. The Labute approximate surface area is 114 Å². The monoisotopic (exact) mass is 259 g/mol. The lowest BCUT2D eigenvalue weighted by Gasteiger charge is -2.11. The number of rotatable bonds is 6. The Morgan fingerprint density at radius 1 is 1.11 bits per heavy atom. The van der Waals surface area contributed by atoms with Gasteiger partial charge in [0.1, 0.15) is 11.5 Å². The van der Waals surface area contributed by atoms with Crippen LogP contribution in [0.2, 0.25) is 0 Å². The summed E-state index contributed by atoms with van der Waals surface area (Å²) in [4.78, 5) is 0. The number of benzene rings is 1. The summed E-state index contributed by atoms with van der Waals surface area (Å²) in [6, 6.07) is 11.9. The van der Waals surface area contributed by atoms with Crippen molar-refractivity contribution in [3.63, 3.8) is 0 Å². The van der Waals surface area contributed by atoms with Crippen molar-refractivity contribution in [3.8, 4) is 0 Å². The van der Waals surface area contributed by atoms with E-state index in [2.05, 4.69) is 12.2 Å². The third-order valence-corrected chi connectivity index (χ3v) is 3.16. The Bertz CT molecular complexity index is 502. The first-order valence-corrected chi connectivity index (χ1v) is 6.72. The van der Waals surface area contributed by atoms with E-state index in [4.69, 9.17) is 4.42 Å². The molecule has 0 saturated carbocycles. The number of hydrogen-bond acceptors (Lipinski definition) is 3. The molecule has 0 aliphatic carbocycles. The molecule has 19 heavy (non-hydrogen) atoms. The molecule has 0 fully saturated rings. The van der Waals surface area contributed by atoms with Crippen LogP contribution in [0.25, 0.3) is 0 Å². The van der Waals surface area contributed by atoms with Crippen LogP contribution in [0.5, 0.6) is 0 Å². The van der Waals surface area contributed by atoms with Gasteiger partial charge in [-0.2, -0.15) is 0 Å². The van der Waals surface area contributed by atoms with Gasteiger partial charge < -0.3 is 14.8 Å². The Morgan fingerprint density at radius 2 is 1.79 bits per heavy atom. The average molecular weight is 259 g/mol. The molecule has 0 aliphatic rings. The van der Waals surface area contributed by atoms with Gasteiger partial charge in [0, 0.05) is 13.0 Å². The van der Waals surface area contributed by atoms with Crippen molar-refractivity contribution in [2.24, 2.45) is 0 Å². The summed E-state index contributed by atoms with van der Waals surface area (Å²) in [5, 5.41) is 13.3. The second-order valence-electron chi connectivity index (χ2n) is 4.78. The van der Waals surface area contributed by atoms with Crippen LogP contribution in [-0.2, 0) is 13.0 Å². The summed E-state index contributed by atoms with van der Waals surface area (Å²) in [6.45, 7) is 5.27. The summed E-state index contributed by atoms with van der Waals surface area (Å²) in [5.74, 6) is 1.91. The lowest BCUT2D eigenvalue weighted by molar-refractivity contribution is 0.173. The number of nitrogens with one attached hydrogen (secondary N) is 1. The number of aliphatic hydroxyl groups is 1. The Kier molecular flexibility index (Phi) is 4.77. The summed E-state index contributed by atoms with van der Waals surface area (Å²) in [5.41, 5.74) is 2.14. The molecule has 1 atom stereocenters. The standard InChI is InChI=1S/C16H21NO2/c1-3-14-8-9-15(19-14)10-17-11-16(18)13-6-4-12(2)5-7-13/h4-9,16-18H,3,10-11H2,1-2H3. The second kappa shape index (κ2) is 6.55. The van der Waals surface area contributed by atoms with Crippen LogP contribution in [0.3, 0.4) is 0 Å². The van der Waals surface area contributed by atoms with Gasteiger partial charge in [-0.25, -0.2) is 0 Å². The fourth-order valence-electron chi connectivity index (χ4n) is 1.95. The number of hydrogen-bond donors (Lipinski definition) is 2. The first-order chi connectivity index (χ1) is 9.19. The van der Waals surface area contributed by atoms with Gasteiger partial charge in [-0.3, -0.25) is 0 Å². The maximum atomic E-state index is 10.0. The second-order valence-corrected chi connectivity index (χ2v) is 4.78. The van der Waals surface area contributed by atoms with Crippen LogP contribution in [0.15, 0.2) is 40.8 Å². The van der Waals surface area contributed by atoms with Crippen LogP contribution < -0.4 is 5.32 Å². The Morgan fingerprint density at radius 3 is 2.42 bits per heavy atom. The molecule has 0 spiro atoms. The smallest absolute Gasteiger partial charge is 0.117 e. The van der Waals surface area contributed by atoms with Gasteiger partial charge in [0.05, 0.1) is 12.6 Å². The van der Waals surface area contributed by atoms with Crippen molar-refractivity contribution in [1.82, 2.24) is 5.32 Å². The molecular formula is C16H21NO2. The molecule has 102 valence electrons. The van der Waals surface area contributed by atoms with E-state index in [0.717, 1.165) is 23.5 Å². The van der Waals surface area contributed by atoms with Gasteiger partial charge in [-0.1, -0.05) is 36.8 Å². The molecule has 1 heterocycles. The van der Waals surface area contributed by atoms with E-state index in [0.29, 0.717) is 13.1 Å². The van der Waals surface area contributed by atoms with Gasteiger partial charge in [-0.05, 0) is 24.6 Å². The van der Waals surface area contributed by atoms with E-state index < -0.39 is 6.10 Å². The minimum Gasteiger partial charge on any atom is -0.465 e. The van der Waals surface area contributed by atoms with Crippen molar-refractivity contribution in [2.45, 2.75) is 32.9 Å². The van der Waals surface area contributed by atoms with E-state index in [1.165, 1.54) is 5.56 Å². The van der Waals surface area contributed by atoms with Crippen molar-refractivity contribution >= 4 is 0 Å². The number of furan rings is 1. The fourth-order valence-corrected chi connectivity index (χ4v) is 1.95. The predicted molar refractivity (Wildman–Crippen MR) is 75.9 cm³/mol. The minimum absolute atomic E-state index is 0.485. The Balaban J connectivity index is 1.80. The normalized spacial score (nSPS) is 12.6. The van der Waals surface area contributed by atoms with Gasteiger partial charge in [0.15, 0.2) is 0 Å². The molecule has 0 saturated heterocycles. The maximum Gasteiger partial charge on any atom is 0.117 e. The van der Waals surface area contributed by atoms with Crippen LogP contribution in [0.4, 0.5) is 0 Å². The SMILES string of the molecule is CCc1ccc(CNCC(O)c2ccc(C)cc2)o1. The van der Waals surface area contributed by atoms with E-state index >= 15 is 0 Å². The minimum atomic E-state index is -0.485. The highest BCUT2D eigenvalue weighted by atomic mass is 16.3. The molecule has 0 radical (unpaired) electrons. The van der Waals surface area contributed by atoms with Gasteiger partial charge in [0.25, 0.3) is 0 Å². The zero-order chi connectivity index (χ0) is 13.7. The van der Waals surface area contributed by atoms with Gasteiger partial charge >= 0.3 is 0 Å². The maximum absolute atomic E-state index is 10.0. The third kappa shape index (κ3) is 3.94. The summed E-state index contributed by atoms with van der Waals surface area (Å²) in [7, 11) is 0. The van der Waals surface area contributed by atoms with E-state index in [9.17, 15) is 5.11 Å². The van der Waals surface area contributed by atoms with Crippen molar-refractivity contribution in [3.05, 3.63) is 59.0 Å². The lowest BCUT2D eigenvalue weighted by Crippen LogP contribution is -2.20. The molecule has 2 aromatic rings. The van der Waals surface area contributed by atoms with Crippen LogP contribution in [0, 0.1) is 6.92 Å². The van der Waals surface area contributed by atoms with E-state index in [1.54, 1.807) is 0 Å². The van der Waals surface area contributed by atoms with Crippen molar-refractivity contribution < 1.29 is 9.52 Å². The highest BCUT2D eigenvalue weighted by Crippen LogP contribution is 2.13. The summed E-state index contributed by atoms with van der Waals surface area (Å²) < 4.78 is 5.59. The first kappa shape index (κ1) is 13.8. The zero-order valence-electron chi connectivity index (χ0n) is 11.5. The molecule has 0 bridgehead atoms. The molecule has 1 aromatic heterocycles. The van der Waals surface area contributed by atoms with E-state index in [-0.39, 0.29) is 0 Å². The molecule has 1 unspecified atom stereocenters. The molecule has 0 aliphatic heterocycles. The number of aryl methyl sites for hydroxylation is 2. The topological polar surface area (TPSA) is 45.4 Å². The van der Waals surface area contributed by atoms with Crippen molar-refractivity contribution in [2.75, 3.05) is 6.54 Å². The zero-order valence-corrected chi connectivity index (χ0v) is 11.5. The van der Waals surface area contributed by atoms with Crippen LogP contribution >= 0.6 is 0 Å². The molecule has 3 nitrogen and oxygen atoms in total. The number of aliphatic hydroxyl groups excluding tert-OH is 1. The quantitative estimate of drug-likeness (QED) is 0.838. The Hall–Kier alpha value is -1.58. The van der Waals surface area contributed by atoms with Crippen LogP contribution in [-0.4, -0.2) is 11.7 Å². The van der Waals surface area contributed by atoms with Crippen LogP contribution in [0.1, 0.15) is 35.7 Å². The molecule has 2 rings (SSSR count). The summed E-state index contributed by atoms with van der Waals surface area (Å²) in [6.07, 6.45) is 0.424. The molecule has 1 aromatic carbocycles. The fraction of sp³-hybridized carbons (Fsp3) is 0.375. The summed E-state index contributed by atoms with van der Waals surface area (Å²) >= 11 is 0. The molecule has 0 amide bonds. The highest BCUT2D eigenvalue weighted by molar-refractivity contribution is 5.23. The largest absolute Gasteiger partial charge is 0.465 e. The van der Waals surface area contributed by atoms with Gasteiger partial charge in [-0.15, -0.1) is 0 Å². The molecule has 2 N–H and O–H groups in total. The average Bonchev–Trinajstić information content (AvgIpc) is 2.87. The highest BCUT2D eigenvalue weighted by Gasteiger charge is 2.07. The van der Waals surface area contributed by atoms with E-state index in [1.807, 2.05) is 43.3 Å².